The largest absolute Gasteiger partial charge is 0.396 e. The molecule has 4 nitrogen and oxygen atoms in total. The lowest BCUT2D eigenvalue weighted by Gasteiger charge is -2.11. The van der Waals surface area contributed by atoms with Gasteiger partial charge in [0.15, 0.2) is 0 Å². The number of benzene rings is 2. The molecule has 0 aliphatic heterocycles. The molecule has 0 fully saturated rings. The molecule has 0 bridgehead atoms. The molecule has 0 aromatic heterocycles. The Kier molecular flexibility index (Phi) is 4.29. The van der Waals surface area contributed by atoms with Crippen LogP contribution in [0.3, 0.4) is 0 Å². The van der Waals surface area contributed by atoms with Crippen molar-refractivity contribution in [3.05, 3.63) is 58.9 Å². The predicted octanol–water partition coefficient (Wildman–Crippen LogP) is 2.50. The highest BCUT2D eigenvalue weighted by molar-refractivity contribution is 7.89. The minimum atomic E-state index is -3.74. The van der Waals surface area contributed by atoms with Gasteiger partial charge in [-0.15, -0.1) is 0 Å². The third kappa shape index (κ3) is 3.59. The standard InChI is InChI=1S/C15H17FN2O2S/c1-10-3-5-12(6-4-10)9-18-21(19,20)15-8-14(17)13(16)7-11(15)2/h3-8,18H,9,17H2,1-2H3. The summed E-state index contributed by atoms with van der Waals surface area (Å²) in [6.45, 7) is 3.65. The van der Waals surface area contributed by atoms with Crippen LogP contribution in [0.5, 0.6) is 0 Å². The molecule has 0 saturated heterocycles. The second-order valence-corrected chi connectivity index (χ2v) is 6.68. The summed E-state index contributed by atoms with van der Waals surface area (Å²) >= 11 is 0. The van der Waals surface area contributed by atoms with Gasteiger partial charge in [0.05, 0.1) is 10.6 Å². The molecule has 0 amide bonds. The van der Waals surface area contributed by atoms with Gasteiger partial charge in [0.2, 0.25) is 10.0 Å². The minimum Gasteiger partial charge on any atom is -0.396 e. The summed E-state index contributed by atoms with van der Waals surface area (Å²) in [6, 6.07) is 9.78. The summed E-state index contributed by atoms with van der Waals surface area (Å²) in [6.07, 6.45) is 0. The molecule has 0 aliphatic carbocycles. The van der Waals surface area contributed by atoms with Gasteiger partial charge in [-0.1, -0.05) is 29.8 Å². The van der Waals surface area contributed by atoms with Crippen molar-refractivity contribution in [1.82, 2.24) is 4.72 Å². The highest BCUT2D eigenvalue weighted by Gasteiger charge is 2.18. The Hall–Kier alpha value is -1.92. The van der Waals surface area contributed by atoms with Crippen molar-refractivity contribution in [2.45, 2.75) is 25.3 Å². The third-order valence-corrected chi connectivity index (χ3v) is 4.71. The number of rotatable bonds is 4. The summed E-state index contributed by atoms with van der Waals surface area (Å²) < 4.78 is 40.3. The Morgan fingerprint density at radius 2 is 1.76 bits per heavy atom. The molecule has 112 valence electrons. The van der Waals surface area contributed by atoms with Crippen molar-refractivity contribution in [2.75, 3.05) is 5.73 Å². The molecule has 0 heterocycles. The Bertz CT molecular complexity index is 756. The molecule has 0 unspecified atom stereocenters. The molecule has 2 aromatic rings. The van der Waals surface area contributed by atoms with E-state index < -0.39 is 15.8 Å². The van der Waals surface area contributed by atoms with Crippen LogP contribution in [0.25, 0.3) is 0 Å². The Labute approximate surface area is 123 Å². The third-order valence-electron chi connectivity index (χ3n) is 3.17. The predicted molar refractivity (Wildman–Crippen MR) is 80.8 cm³/mol. The number of aryl methyl sites for hydroxylation is 2. The highest BCUT2D eigenvalue weighted by Crippen LogP contribution is 2.21. The van der Waals surface area contributed by atoms with E-state index in [4.69, 9.17) is 5.73 Å². The maximum Gasteiger partial charge on any atom is 0.241 e. The minimum absolute atomic E-state index is 0.00601. The first-order chi connectivity index (χ1) is 9.79. The van der Waals surface area contributed by atoms with Crippen molar-refractivity contribution in [2.24, 2.45) is 0 Å². The van der Waals surface area contributed by atoms with Crippen LogP contribution in [-0.4, -0.2) is 8.42 Å². The average Bonchev–Trinajstić information content (AvgIpc) is 2.42. The zero-order valence-corrected chi connectivity index (χ0v) is 12.7. The first-order valence-electron chi connectivity index (χ1n) is 6.40. The summed E-state index contributed by atoms with van der Waals surface area (Å²) in [4.78, 5) is -0.00601. The van der Waals surface area contributed by atoms with E-state index in [9.17, 15) is 12.8 Å². The number of hydrogen-bond donors (Lipinski definition) is 2. The lowest BCUT2D eigenvalue weighted by atomic mass is 10.2. The molecule has 2 aromatic carbocycles. The van der Waals surface area contributed by atoms with Gasteiger partial charge in [-0.3, -0.25) is 0 Å². The van der Waals surface area contributed by atoms with Crippen LogP contribution in [-0.2, 0) is 16.6 Å². The van der Waals surface area contributed by atoms with Gasteiger partial charge >= 0.3 is 0 Å². The Balaban J connectivity index is 2.22. The molecule has 21 heavy (non-hydrogen) atoms. The monoisotopic (exact) mass is 308 g/mol. The number of nitrogen functional groups attached to an aromatic ring is 1. The number of hydrogen-bond acceptors (Lipinski definition) is 3. The van der Waals surface area contributed by atoms with E-state index >= 15 is 0 Å². The van der Waals surface area contributed by atoms with Gasteiger partial charge in [0, 0.05) is 6.54 Å². The number of halogens is 1. The molecule has 0 aliphatic rings. The van der Waals surface area contributed by atoms with Gasteiger partial charge in [-0.2, -0.15) is 0 Å². The van der Waals surface area contributed by atoms with Gasteiger partial charge in [-0.05, 0) is 37.1 Å². The van der Waals surface area contributed by atoms with E-state index in [0.717, 1.165) is 23.3 Å². The zero-order valence-electron chi connectivity index (χ0n) is 11.9. The van der Waals surface area contributed by atoms with Crippen LogP contribution < -0.4 is 10.5 Å². The van der Waals surface area contributed by atoms with Gasteiger partial charge < -0.3 is 5.73 Å². The lowest BCUT2D eigenvalue weighted by Crippen LogP contribution is -2.24. The Morgan fingerprint density at radius 1 is 1.14 bits per heavy atom. The van der Waals surface area contributed by atoms with Crippen LogP contribution in [0.2, 0.25) is 0 Å². The molecule has 0 saturated carbocycles. The maximum absolute atomic E-state index is 13.3. The van der Waals surface area contributed by atoms with Crippen molar-refractivity contribution in [3.63, 3.8) is 0 Å². The topological polar surface area (TPSA) is 72.2 Å². The highest BCUT2D eigenvalue weighted by atomic mass is 32.2. The molecule has 2 rings (SSSR count). The van der Waals surface area contributed by atoms with E-state index in [1.54, 1.807) is 0 Å². The molecule has 0 spiro atoms. The fourth-order valence-corrected chi connectivity index (χ4v) is 3.20. The summed E-state index contributed by atoms with van der Waals surface area (Å²) in [7, 11) is -3.74. The second kappa shape index (κ2) is 5.83. The number of sulfonamides is 1. The SMILES string of the molecule is Cc1ccc(CNS(=O)(=O)c2cc(N)c(F)cc2C)cc1. The van der Waals surface area contributed by atoms with E-state index in [-0.39, 0.29) is 17.1 Å². The van der Waals surface area contributed by atoms with Crippen molar-refractivity contribution < 1.29 is 12.8 Å². The molecule has 6 heteroatoms. The summed E-state index contributed by atoms with van der Waals surface area (Å²) in [5.41, 5.74) is 7.52. The smallest absolute Gasteiger partial charge is 0.241 e. The quantitative estimate of drug-likeness (QED) is 0.852. The van der Waals surface area contributed by atoms with Gasteiger partial charge in [-0.25, -0.2) is 17.5 Å². The number of nitrogens with one attached hydrogen (secondary N) is 1. The second-order valence-electron chi connectivity index (χ2n) is 4.95. The molecule has 0 atom stereocenters. The van der Waals surface area contributed by atoms with Crippen LogP contribution in [0, 0.1) is 19.7 Å². The van der Waals surface area contributed by atoms with Gasteiger partial charge in [0.1, 0.15) is 5.82 Å². The van der Waals surface area contributed by atoms with E-state index in [1.165, 1.54) is 6.92 Å². The van der Waals surface area contributed by atoms with Crippen LogP contribution >= 0.6 is 0 Å². The van der Waals surface area contributed by atoms with E-state index in [2.05, 4.69) is 4.72 Å². The van der Waals surface area contributed by atoms with E-state index in [1.807, 2.05) is 31.2 Å². The fourth-order valence-electron chi connectivity index (χ4n) is 1.92. The first-order valence-corrected chi connectivity index (χ1v) is 7.89. The number of nitrogens with two attached hydrogens (primary N) is 1. The summed E-state index contributed by atoms with van der Waals surface area (Å²) in [5, 5.41) is 0. The fraction of sp³-hybridized carbons (Fsp3) is 0.200. The molecular weight excluding hydrogens is 291 g/mol. The maximum atomic E-state index is 13.3. The van der Waals surface area contributed by atoms with Crippen molar-refractivity contribution in [1.29, 1.82) is 0 Å². The van der Waals surface area contributed by atoms with E-state index in [0.29, 0.717) is 5.56 Å². The van der Waals surface area contributed by atoms with Crippen molar-refractivity contribution in [3.8, 4) is 0 Å². The zero-order chi connectivity index (χ0) is 15.6. The molecular formula is C15H17FN2O2S. The van der Waals surface area contributed by atoms with Gasteiger partial charge in [0.25, 0.3) is 0 Å². The molecule has 3 N–H and O–H groups in total. The van der Waals surface area contributed by atoms with Crippen LogP contribution in [0.15, 0.2) is 41.3 Å². The number of anilines is 1. The molecule has 0 radical (unpaired) electrons. The van der Waals surface area contributed by atoms with Crippen LogP contribution in [0.1, 0.15) is 16.7 Å². The average molecular weight is 308 g/mol. The van der Waals surface area contributed by atoms with Crippen LogP contribution in [0.4, 0.5) is 10.1 Å². The van der Waals surface area contributed by atoms with Crippen molar-refractivity contribution >= 4 is 15.7 Å². The lowest BCUT2D eigenvalue weighted by molar-refractivity contribution is 0.579. The summed E-state index contributed by atoms with van der Waals surface area (Å²) in [5.74, 6) is -0.620. The Morgan fingerprint density at radius 3 is 2.38 bits per heavy atom. The first kappa shape index (κ1) is 15.5. The normalized spacial score (nSPS) is 11.6.